The van der Waals surface area contributed by atoms with Crippen LogP contribution >= 0.6 is 0 Å². The van der Waals surface area contributed by atoms with Crippen LogP contribution in [0.2, 0.25) is 0 Å². The molecule has 102 valence electrons. The number of ether oxygens (including phenoxy) is 1. The highest BCUT2D eigenvalue weighted by Crippen LogP contribution is 2.21. The van der Waals surface area contributed by atoms with Gasteiger partial charge in [-0.2, -0.15) is 8.42 Å². The minimum Gasteiger partial charge on any atom is -0.394 e. The second-order valence-electron chi connectivity index (χ2n) is 3.86. The van der Waals surface area contributed by atoms with Gasteiger partial charge in [0.25, 0.3) is 10.1 Å². The number of rotatable bonds is 4. The van der Waals surface area contributed by atoms with Gasteiger partial charge in [-0.25, -0.2) is 0 Å². The Balaban J connectivity index is 2.66. The van der Waals surface area contributed by atoms with Crippen LogP contribution in [0.3, 0.4) is 0 Å². The van der Waals surface area contributed by atoms with E-state index in [4.69, 9.17) is 9.84 Å². The van der Waals surface area contributed by atoms with Gasteiger partial charge in [0.2, 0.25) is 0 Å². The van der Waals surface area contributed by atoms with Gasteiger partial charge < -0.3 is 25.2 Å². The fourth-order valence-corrected chi connectivity index (χ4v) is 1.89. The first-order chi connectivity index (χ1) is 7.76. The molecule has 1 heterocycles. The third-order valence-corrected chi connectivity index (χ3v) is 3.00. The lowest BCUT2D eigenvalue weighted by Crippen LogP contribution is -2.59. The average molecular weight is 272 g/mol. The largest absolute Gasteiger partial charge is 0.394 e. The van der Waals surface area contributed by atoms with Gasteiger partial charge in [-0.1, -0.05) is 0 Å². The van der Waals surface area contributed by atoms with Crippen molar-refractivity contribution < 1.29 is 37.8 Å². The molecule has 0 aromatic rings. The van der Waals surface area contributed by atoms with Crippen molar-refractivity contribution in [3.8, 4) is 0 Å². The van der Waals surface area contributed by atoms with E-state index >= 15 is 0 Å². The van der Waals surface area contributed by atoms with Crippen molar-refractivity contribution in [3.63, 3.8) is 0 Å². The van der Waals surface area contributed by atoms with Gasteiger partial charge >= 0.3 is 0 Å². The molecule has 1 saturated heterocycles. The molecule has 0 radical (unpaired) electrons. The zero-order chi connectivity index (χ0) is 13.2. The molecule has 0 unspecified atom stereocenters. The molecule has 0 spiro atoms. The number of hydrogen-bond donors (Lipinski definition) is 4. The zero-order valence-corrected chi connectivity index (χ0v) is 9.95. The Morgan fingerprint density at radius 3 is 2.12 bits per heavy atom. The summed E-state index contributed by atoms with van der Waals surface area (Å²) in [5.41, 5.74) is 0. The van der Waals surface area contributed by atoms with Gasteiger partial charge in [-0.3, -0.25) is 4.18 Å². The van der Waals surface area contributed by atoms with Crippen LogP contribution in [-0.2, 0) is 19.0 Å². The number of aliphatic hydroxyl groups excluding tert-OH is 4. The lowest BCUT2D eigenvalue weighted by molar-refractivity contribution is -0.233. The van der Waals surface area contributed by atoms with Crippen molar-refractivity contribution in [2.75, 3.05) is 19.5 Å². The van der Waals surface area contributed by atoms with E-state index in [9.17, 15) is 23.7 Å². The summed E-state index contributed by atoms with van der Waals surface area (Å²) in [6, 6.07) is 0. The summed E-state index contributed by atoms with van der Waals surface area (Å²) in [4.78, 5) is 0. The summed E-state index contributed by atoms with van der Waals surface area (Å²) < 4.78 is 31.0. The van der Waals surface area contributed by atoms with E-state index in [1.807, 2.05) is 0 Å². The fraction of sp³-hybridized carbons (Fsp3) is 1.00. The Labute approximate surface area is 98.5 Å². The molecular formula is C8H16O8S. The molecule has 0 aromatic carbocycles. The maximum Gasteiger partial charge on any atom is 0.264 e. The summed E-state index contributed by atoms with van der Waals surface area (Å²) in [6.07, 6.45) is -5.87. The number of hydrogen-bond acceptors (Lipinski definition) is 8. The molecule has 0 amide bonds. The van der Waals surface area contributed by atoms with Crippen LogP contribution in [0.15, 0.2) is 0 Å². The molecule has 17 heavy (non-hydrogen) atoms. The average Bonchev–Trinajstić information content (AvgIpc) is 2.24. The third-order valence-electron chi connectivity index (χ3n) is 2.44. The topological polar surface area (TPSA) is 134 Å². The normalized spacial score (nSPS) is 39.2. The highest BCUT2D eigenvalue weighted by molar-refractivity contribution is 7.85. The van der Waals surface area contributed by atoms with Crippen molar-refractivity contribution in [2.45, 2.75) is 30.5 Å². The molecule has 1 aliphatic heterocycles. The lowest BCUT2D eigenvalue weighted by atomic mass is 9.95. The first-order valence-electron chi connectivity index (χ1n) is 4.91. The second kappa shape index (κ2) is 5.57. The van der Waals surface area contributed by atoms with Crippen LogP contribution < -0.4 is 0 Å². The Kier molecular flexibility index (Phi) is 4.84. The van der Waals surface area contributed by atoms with E-state index in [2.05, 4.69) is 4.18 Å². The summed E-state index contributed by atoms with van der Waals surface area (Å²) in [5.74, 6) is 0. The summed E-state index contributed by atoms with van der Waals surface area (Å²) in [7, 11) is -3.70. The Bertz CT molecular complexity index is 339. The molecule has 1 aliphatic rings. The van der Waals surface area contributed by atoms with Gasteiger partial charge in [0, 0.05) is 0 Å². The molecule has 0 bridgehead atoms. The molecule has 1 rings (SSSR count). The number of aliphatic hydroxyl groups is 4. The molecule has 0 saturated carbocycles. The van der Waals surface area contributed by atoms with Gasteiger partial charge in [0.15, 0.2) is 0 Å². The Morgan fingerprint density at radius 1 is 1.12 bits per heavy atom. The second-order valence-corrected chi connectivity index (χ2v) is 5.50. The predicted molar refractivity (Wildman–Crippen MR) is 54.6 cm³/mol. The van der Waals surface area contributed by atoms with Crippen molar-refractivity contribution in [2.24, 2.45) is 0 Å². The molecule has 1 fully saturated rings. The molecular weight excluding hydrogens is 256 g/mol. The standard InChI is InChI=1S/C8H16O8S/c1-17(13,14)15-3-5-7(11)8(12)6(10)4(2-9)16-5/h4-12H,2-3H2,1H3/t4-,5+,6-,7+,8+/m1/s1. The van der Waals surface area contributed by atoms with Crippen LogP contribution in [-0.4, -0.2) is 78.8 Å². The SMILES string of the molecule is CS(=O)(=O)OC[C@@H]1O[C@H](CO)[C@@H](O)[C@H](O)[C@H]1O. The third kappa shape index (κ3) is 3.85. The smallest absolute Gasteiger partial charge is 0.264 e. The van der Waals surface area contributed by atoms with E-state index < -0.39 is 53.9 Å². The lowest BCUT2D eigenvalue weighted by Gasteiger charge is -2.39. The molecule has 8 nitrogen and oxygen atoms in total. The maximum atomic E-state index is 10.8. The quantitative estimate of drug-likeness (QED) is 0.393. The van der Waals surface area contributed by atoms with Crippen molar-refractivity contribution >= 4 is 10.1 Å². The first-order valence-corrected chi connectivity index (χ1v) is 6.73. The highest BCUT2D eigenvalue weighted by Gasteiger charge is 2.43. The van der Waals surface area contributed by atoms with Crippen LogP contribution in [0.5, 0.6) is 0 Å². The van der Waals surface area contributed by atoms with E-state index in [-0.39, 0.29) is 0 Å². The van der Waals surface area contributed by atoms with E-state index in [0.717, 1.165) is 6.26 Å². The van der Waals surface area contributed by atoms with Crippen molar-refractivity contribution in [3.05, 3.63) is 0 Å². The summed E-state index contributed by atoms with van der Waals surface area (Å²) in [5, 5.41) is 37.3. The highest BCUT2D eigenvalue weighted by atomic mass is 32.2. The Morgan fingerprint density at radius 2 is 1.65 bits per heavy atom. The molecule has 0 aromatic heterocycles. The van der Waals surface area contributed by atoms with Crippen LogP contribution in [0.25, 0.3) is 0 Å². The maximum absolute atomic E-state index is 10.8. The fourth-order valence-electron chi connectivity index (χ4n) is 1.51. The summed E-state index contributed by atoms with van der Waals surface area (Å²) in [6.45, 7) is -1.07. The van der Waals surface area contributed by atoms with Crippen molar-refractivity contribution in [1.82, 2.24) is 0 Å². The van der Waals surface area contributed by atoms with Gasteiger partial charge in [0.1, 0.15) is 30.5 Å². The predicted octanol–water partition coefficient (Wildman–Crippen LogP) is -3.19. The van der Waals surface area contributed by atoms with Crippen LogP contribution in [0.1, 0.15) is 0 Å². The first kappa shape index (κ1) is 14.8. The van der Waals surface area contributed by atoms with E-state index in [1.165, 1.54) is 0 Å². The molecule has 0 aliphatic carbocycles. The zero-order valence-electron chi connectivity index (χ0n) is 9.13. The van der Waals surface area contributed by atoms with Crippen LogP contribution in [0, 0.1) is 0 Å². The monoisotopic (exact) mass is 272 g/mol. The summed E-state index contributed by atoms with van der Waals surface area (Å²) >= 11 is 0. The molecule has 9 heteroatoms. The van der Waals surface area contributed by atoms with Gasteiger partial charge in [-0.15, -0.1) is 0 Å². The molecule has 5 atom stereocenters. The molecule has 4 N–H and O–H groups in total. The minimum atomic E-state index is -3.70. The van der Waals surface area contributed by atoms with Crippen LogP contribution in [0.4, 0.5) is 0 Å². The van der Waals surface area contributed by atoms with Crippen molar-refractivity contribution in [1.29, 1.82) is 0 Å². The van der Waals surface area contributed by atoms with Gasteiger partial charge in [-0.05, 0) is 0 Å². The van der Waals surface area contributed by atoms with Gasteiger partial charge in [0.05, 0.1) is 19.5 Å². The minimum absolute atomic E-state index is 0.500. The van der Waals surface area contributed by atoms with E-state index in [0.29, 0.717) is 0 Å². The Hall–Kier alpha value is -0.290. The van der Waals surface area contributed by atoms with E-state index in [1.54, 1.807) is 0 Å².